The normalized spacial score (nSPS) is 10.6. The van der Waals surface area contributed by atoms with Crippen LogP contribution in [-0.4, -0.2) is 19.7 Å². The maximum absolute atomic E-state index is 5.00. The first kappa shape index (κ1) is 8.58. The van der Waals surface area contributed by atoms with Crippen molar-refractivity contribution in [3.8, 4) is 10.7 Å². The monoisotopic (exact) mass is 212 g/mol. The van der Waals surface area contributed by atoms with Crippen molar-refractivity contribution in [2.75, 3.05) is 0 Å². The van der Waals surface area contributed by atoms with Crippen molar-refractivity contribution in [3.63, 3.8) is 0 Å². The van der Waals surface area contributed by atoms with Crippen molar-refractivity contribution in [2.24, 2.45) is 7.05 Å². The molecule has 0 aliphatic carbocycles. The molecule has 2 aromatic heterocycles. The lowest BCUT2D eigenvalue weighted by Gasteiger charge is -1.90. The molecule has 0 amide bonds. The first-order valence-electron chi connectivity index (χ1n) is 3.72. The first-order valence-corrected chi connectivity index (χ1v) is 5.01. The Balaban J connectivity index is 2.59. The molecular weight excluding hydrogens is 204 g/mol. The molecule has 2 rings (SSSR count). The summed E-state index contributed by atoms with van der Waals surface area (Å²) in [6.45, 7) is 1.96. The Morgan fingerprint density at radius 3 is 2.85 bits per heavy atom. The van der Waals surface area contributed by atoms with Gasteiger partial charge in [-0.3, -0.25) is 9.78 Å². The van der Waals surface area contributed by atoms with Crippen LogP contribution in [0, 0.1) is 11.7 Å². The van der Waals surface area contributed by atoms with Gasteiger partial charge in [0.1, 0.15) is 0 Å². The fourth-order valence-corrected chi connectivity index (χ4v) is 1.91. The van der Waals surface area contributed by atoms with E-state index >= 15 is 0 Å². The number of aromatic nitrogens is 4. The van der Waals surface area contributed by atoms with E-state index in [1.54, 1.807) is 21.5 Å². The SMILES string of the molecule is Cc1ncsc1-c1nc(=S)n(C)[nH]1. The number of hydrogen-bond acceptors (Lipinski definition) is 4. The Hall–Kier alpha value is -1.01. The molecule has 0 aliphatic heterocycles. The van der Waals surface area contributed by atoms with Crippen LogP contribution in [0.5, 0.6) is 0 Å². The van der Waals surface area contributed by atoms with Gasteiger partial charge < -0.3 is 0 Å². The maximum atomic E-state index is 5.00. The van der Waals surface area contributed by atoms with Crippen LogP contribution in [0.2, 0.25) is 0 Å². The number of thiazole rings is 1. The third kappa shape index (κ3) is 1.42. The fraction of sp³-hybridized carbons (Fsp3) is 0.286. The van der Waals surface area contributed by atoms with Crippen LogP contribution in [0.15, 0.2) is 5.51 Å². The standard InChI is InChI=1S/C7H8N4S2/c1-4-5(13-3-8-4)6-9-7(12)11(2)10-6/h3H,1-2H3,(H,9,10,12). The average Bonchev–Trinajstić information content (AvgIpc) is 2.60. The molecule has 0 spiro atoms. The van der Waals surface area contributed by atoms with Crippen LogP contribution in [0.3, 0.4) is 0 Å². The number of aromatic amines is 1. The van der Waals surface area contributed by atoms with E-state index < -0.39 is 0 Å². The van der Waals surface area contributed by atoms with Gasteiger partial charge >= 0.3 is 0 Å². The van der Waals surface area contributed by atoms with Gasteiger partial charge in [0, 0.05) is 7.05 Å². The summed E-state index contributed by atoms with van der Waals surface area (Å²) >= 11 is 6.56. The largest absolute Gasteiger partial charge is 0.279 e. The second-order valence-corrected chi connectivity index (χ2v) is 3.90. The predicted molar refractivity (Wildman–Crippen MR) is 54.2 cm³/mol. The molecule has 0 saturated heterocycles. The first-order chi connectivity index (χ1) is 6.18. The van der Waals surface area contributed by atoms with Gasteiger partial charge in [-0.1, -0.05) is 0 Å². The van der Waals surface area contributed by atoms with Crippen LogP contribution in [0.25, 0.3) is 10.7 Å². The van der Waals surface area contributed by atoms with Crippen molar-refractivity contribution in [2.45, 2.75) is 6.92 Å². The molecule has 2 heterocycles. The Bertz CT molecular complexity index is 479. The van der Waals surface area contributed by atoms with Gasteiger partial charge in [-0.05, 0) is 19.1 Å². The maximum Gasteiger partial charge on any atom is 0.216 e. The van der Waals surface area contributed by atoms with Crippen LogP contribution in [0.1, 0.15) is 5.69 Å². The van der Waals surface area contributed by atoms with Crippen molar-refractivity contribution >= 4 is 23.6 Å². The summed E-state index contributed by atoms with van der Waals surface area (Å²) in [5, 5.41) is 3.06. The van der Waals surface area contributed by atoms with E-state index in [0.29, 0.717) is 4.77 Å². The number of aryl methyl sites for hydroxylation is 2. The van der Waals surface area contributed by atoms with Gasteiger partial charge in [0.2, 0.25) is 4.77 Å². The van der Waals surface area contributed by atoms with Gasteiger partial charge in [-0.2, -0.15) is 4.98 Å². The summed E-state index contributed by atoms with van der Waals surface area (Å²) in [7, 11) is 1.84. The lowest BCUT2D eigenvalue weighted by atomic mass is 10.4. The molecule has 6 heteroatoms. The molecular formula is C7H8N4S2. The minimum absolute atomic E-state index is 0.558. The van der Waals surface area contributed by atoms with Gasteiger partial charge in [-0.15, -0.1) is 11.3 Å². The highest BCUT2D eigenvalue weighted by Gasteiger charge is 2.08. The zero-order valence-electron chi connectivity index (χ0n) is 7.24. The van der Waals surface area contributed by atoms with Crippen molar-refractivity contribution in [1.82, 2.24) is 19.7 Å². The number of rotatable bonds is 1. The van der Waals surface area contributed by atoms with Gasteiger partial charge in [0.15, 0.2) is 5.82 Å². The smallest absolute Gasteiger partial charge is 0.216 e. The van der Waals surface area contributed by atoms with Crippen molar-refractivity contribution in [1.29, 1.82) is 0 Å². The second-order valence-electron chi connectivity index (χ2n) is 2.68. The Labute approximate surface area is 84.3 Å². The summed E-state index contributed by atoms with van der Waals surface area (Å²) < 4.78 is 2.27. The minimum atomic E-state index is 0.558. The molecule has 2 aromatic rings. The summed E-state index contributed by atoms with van der Waals surface area (Å²) in [6.07, 6.45) is 0. The van der Waals surface area contributed by atoms with Crippen molar-refractivity contribution < 1.29 is 0 Å². The van der Waals surface area contributed by atoms with E-state index in [4.69, 9.17) is 12.2 Å². The molecule has 0 unspecified atom stereocenters. The summed E-state index contributed by atoms with van der Waals surface area (Å²) in [4.78, 5) is 9.40. The van der Waals surface area contributed by atoms with E-state index in [1.807, 2.05) is 14.0 Å². The highest BCUT2D eigenvalue weighted by atomic mass is 32.1. The predicted octanol–water partition coefficient (Wildman–Crippen LogP) is 1.91. The lowest BCUT2D eigenvalue weighted by Crippen LogP contribution is -1.89. The molecule has 4 nitrogen and oxygen atoms in total. The number of H-pyrrole nitrogens is 1. The van der Waals surface area contributed by atoms with Crippen LogP contribution < -0.4 is 0 Å². The highest BCUT2D eigenvalue weighted by molar-refractivity contribution is 7.71. The van der Waals surface area contributed by atoms with Gasteiger partial charge in [0.05, 0.1) is 16.1 Å². The molecule has 0 atom stereocenters. The summed E-state index contributed by atoms with van der Waals surface area (Å²) in [5.74, 6) is 0.799. The Morgan fingerprint density at radius 2 is 2.38 bits per heavy atom. The number of nitrogens with one attached hydrogen (secondary N) is 1. The third-order valence-corrected chi connectivity index (χ3v) is 3.03. The highest BCUT2D eigenvalue weighted by Crippen LogP contribution is 2.23. The van der Waals surface area contributed by atoms with E-state index in [2.05, 4.69) is 15.1 Å². The van der Waals surface area contributed by atoms with Gasteiger partial charge in [-0.25, -0.2) is 4.98 Å². The third-order valence-electron chi connectivity index (χ3n) is 1.73. The van der Waals surface area contributed by atoms with Crippen molar-refractivity contribution in [3.05, 3.63) is 16.0 Å². The topological polar surface area (TPSA) is 46.5 Å². The molecule has 0 aromatic carbocycles. The molecule has 68 valence electrons. The Morgan fingerprint density at radius 1 is 1.62 bits per heavy atom. The molecule has 0 bridgehead atoms. The average molecular weight is 212 g/mol. The van der Waals surface area contributed by atoms with E-state index in [-0.39, 0.29) is 0 Å². The zero-order valence-corrected chi connectivity index (χ0v) is 8.87. The van der Waals surface area contributed by atoms with Gasteiger partial charge in [0.25, 0.3) is 0 Å². The molecule has 0 aliphatic rings. The number of hydrogen-bond donors (Lipinski definition) is 1. The molecule has 0 radical (unpaired) electrons. The summed E-state index contributed by atoms with van der Waals surface area (Å²) in [6, 6.07) is 0. The zero-order chi connectivity index (χ0) is 9.42. The quantitative estimate of drug-likeness (QED) is 0.734. The van der Waals surface area contributed by atoms with E-state index in [1.165, 1.54) is 0 Å². The summed E-state index contributed by atoms with van der Waals surface area (Å²) in [5.41, 5.74) is 2.78. The molecule has 1 N–H and O–H groups in total. The van der Waals surface area contributed by atoms with E-state index in [0.717, 1.165) is 16.4 Å². The fourth-order valence-electron chi connectivity index (χ4n) is 1.03. The number of nitrogens with zero attached hydrogens (tertiary/aromatic N) is 3. The van der Waals surface area contributed by atoms with Crippen LogP contribution >= 0.6 is 23.6 Å². The Kier molecular flexibility index (Phi) is 2.01. The molecule has 0 saturated carbocycles. The molecule has 13 heavy (non-hydrogen) atoms. The minimum Gasteiger partial charge on any atom is -0.279 e. The lowest BCUT2D eigenvalue weighted by molar-refractivity contribution is 0.756. The molecule has 0 fully saturated rings. The van der Waals surface area contributed by atoms with Crippen LogP contribution in [-0.2, 0) is 7.05 Å². The second kappa shape index (κ2) is 3.04. The van der Waals surface area contributed by atoms with E-state index in [9.17, 15) is 0 Å². The van der Waals surface area contributed by atoms with Crippen LogP contribution in [0.4, 0.5) is 0 Å².